The van der Waals surface area contributed by atoms with Crippen molar-refractivity contribution in [1.82, 2.24) is 5.32 Å². The molecule has 0 aliphatic carbocycles. The predicted octanol–water partition coefficient (Wildman–Crippen LogP) is 3.74. The van der Waals surface area contributed by atoms with Gasteiger partial charge in [0.1, 0.15) is 0 Å². The van der Waals surface area contributed by atoms with Crippen LogP contribution in [0.3, 0.4) is 0 Å². The van der Waals surface area contributed by atoms with E-state index in [9.17, 15) is 4.79 Å². The molecule has 1 fully saturated rings. The van der Waals surface area contributed by atoms with Crippen LogP contribution in [0.5, 0.6) is 0 Å². The third kappa shape index (κ3) is 3.71. The maximum atomic E-state index is 12.3. The van der Waals surface area contributed by atoms with Gasteiger partial charge in [-0.25, -0.2) is 0 Å². The SMILES string of the molecule is O=C(CC1CCNCC1)Nc1ccccc1-c1cccs1. The molecule has 2 heterocycles. The number of benzene rings is 1. The number of hydrogen-bond donors (Lipinski definition) is 2. The number of rotatable bonds is 4. The van der Waals surface area contributed by atoms with E-state index in [0.29, 0.717) is 12.3 Å². The minimum absolute atomic E-state index is 0.130. The summed E-state index contributed by atoms with van der Waals surface area (Å²) in [6.07, 6.45) is 2.82. The van der Waals surface area contributed by atoms with Crippen LogP contribution in [0.1, 0.15) is 19.3 Å². The first-order chi connectivity index (χ1) is 10.3. The van der Waals surface area contributed by atoms with Crippen molar-refractivity contribution >= 4 is 22.9 Å². The monoisotopic (exact) mass is 300 g/mol. The second-order valence-corrected chi connectivity index (χ2v) is 6.42. The summed E-state index contributed by atoms with van der Waals surface area (Å²) in [5, 5.41) is 8.49. The van der Waals surface area contributed by atoms with Crippen LogP contribution >= 0.6 is 11.3 Å². The van der Waals surface area contributed by atoms with Crippen molar-refractivity contribution in [3.8, 4) is 10.4 Å². The van der Waals surface area contributed by atoms with Gasteiger partial charge in [-0.2, -0.15) is 0 Å². The van der Waals surface area contributed by atoms with Gasteiger partial charge < -0.3 is 10.6 Å². The van der Waals surface area contributed by atoms with Crippen LogP contribution in [-0.2, 0) is 4.79 Å². The molecule has 1 amide bonds. The smallest absolute Gasteiger partial charge is 0.224 e. The van der Waals surface area contributed by atoms with E-state index >= 15 is 0 Å². The molecular formula is C17H20N2OS. The van der Waals surface area contributed by atoms with Gasteiger partial charge >= 0.3 is 0 Å². The topological polar surface area (TPSA) is 41.1 Å². The first-order valence-electron chi connectivity index (χ1n) is 7.46. The van der Waals surface area contributed by atoms with Gasteiger partial charge in [0, 0.05) is 22.5 Å². The van der Waals surface area contributed by atoms with Gasteiger partial charge in [-0.3, -0.25) is 4.79 Å². The number of anilines is 1. The summed E-state index contributed by atoms with van der Waals surface area (Å²) >= 11 is 1.69. The molecule has 4 heteroatoms. The van der Waals surface area contributed by atoms with Crippen LogP contribution in [0.25, 0.3) is 10.4 Å². The van der Waals surface area contributed by atoms with E-state index in [1.54, 1.807) is 11.3 Å². The molecule has 0 spiro atoms. The van der Waals surface area contributed by atoms with Crippen LogP contribution in [0.2, 0.25) is 0 Å². The highest BCUT2D eigenvalue weighted by Gasteiger charge is 2.17. The quantitative estimate of drug-likeness (QED) is 0.903. The molecule has 110 valence electrons. The molecule has 2 aromatic rings. The summed E-state index contributed by atoms with van der Waals surface area (Å²) in [7, 11) is 0. The summed E-state index contributed by atoms with van der Waals surface area (Å²) in [5.41, 5.74) is 2.02. The fourth-order valence-electron chi connectivity index (χ4n) is 2.79. The van der Waals surface area contributed by atoms with Crippen LogP contribution in [0.4, 0.5) is 5.69 Å². The van der Waals surface area contributed by atoms with Gasteiger partial charge in [-0.15, -0.1) is 11.3 Å². The summed E-state index contributed by atoms with van der Waals surface area (Å²) in [4.78, 5) is 13.5. The lowest BCUT2D eigenvalue weighted by molar-refractivity contribution is -0.117. The van der Waals surface area contributed by atoms with E-state index in [0.717, 1.165) is 37.2 Å². The Kier molecular flexibility index (Phi) is 4.68. The summed E-state index contributed by atoms with van der Waals surface area (Å²) in [6.45, 7) is 2.06. The van der Waals surface area contributed by atoms with Crippen molar-refractivity contribution in [3.05, 3.63) is 41.8 Å². The second kappa shape index (κ2) is 6.87. The molecule has 0 bridgehead atoms. The third-order valence-electron chi connectivity index (χ3n) is 3.92. The Bertz CT molecular complexity index is 589. The van der Waals surface area contributed by atoms with E-state index < -0.39 is 0 Å². The van der Waals surface area contributed by atoms with E-state index in [1.807, 2.05) is 24.3 Å². The highest BCUT2D eigenvalue weighted by atomic mass is 32.1. The molecule has 3 nitrogen and oxygen atoms in total. The van der Waals surface area contributed by atoms with Crippen molar-refractivity contribution in [2.75, 3.05) is 18.4 Å². The van der Waals surface area contributed by atoms with Gasteiger partial charge in [0.2, 0.25) is 5.91 Å². The maximum absolute atomic E-state index is 12.3. The Labute approximate surface area is 129 Å². The van der Waals surface area contributed by atoms with Crippen molar-refractivity contribution in [3.63, 3.8) is 0 Å². The molecule has 2 N–H and O–H groups in total. The van der Waals surface area contributed by atoms with Gasteiger partial charge in [-0.1, -0.05) is 24.3 Å². The molecule has 1 aliphatic rings. The predicted molar refractivity (Wildman–Crippen MR) is 88.6 cm³/mol. The molecule has 0 radical (unpaired) electrons. The Hall–Kier alpha value is -1.65. The zero-order valence-corrected chi connectivity index (χ0v) is 12.8. The number of para-hydroxylation sites is 1. The Balaban J connectivity index is 1.68. The van der Waals surface area contributed by atoms with Crippen LogP contribution in [0, 0.1) is 5.92 Å². The number of nitrogens with one attached hydrogen (secondary N) is 2. The number of carbonyl (C=O) groups is 1. The lowest BCUT2D eigenvalue weighted by Gasteiger charge is -2.22. The van der Waals surface area contributed by atoms with E-state index in [1.165, 1.54) is 4.88 Å². The van der Waals surface area contributed by atoms with Gasteiger partial charge in [0.15, 0.2) is 0 Å². The largest absolute Gasteiger partial charge is 0.325 e. The van der Waals surface area contributed by atoms with Crippen molar-refractivity contribution < 1.29 is 4.79 Å². The zero-order valence-electron chi connectivity index (χ0n) is 12.0. The third-order valence-corrected chi connectivity index (χ3v) is 4.82. The van der Waals surface area contributed by atoms with Crippen molar-refractivity contribution in [2.45, 2.75) is 19.3 Å². The van der Waals surface area contributed by atoms with E-state index in [2.05, 4.69) is 28.1 Å². The Morgan fingerprint density at radius 1 is 1.19 bits per heavy atom. The molecule has 1 aromatic carbocycles. The maximum Gasteiger partial charge on any atom is 0.224 e. The number of thiophene rings is 1. The fraction of sp³-hybridized carbons (Fsp3) is 0.353. The molecule has 1 aromatic heterocycles. The molecule has 1 aliphatic heterocycles. The van der Waals surface area contributed by atoms with Crippen molar-refractivity contribution in [1.29, 1.82) is 0 Å². The first kappa shape index (κ1) is 14.3. The average molecular weight is 300 g/mol. The Morgan fingerprint density at radius 3 is 2.76 bits per heavy atom. The lowest BCUT2D eigenvalue weighted by Crippen LogP contribution is -2.30. The Morgan fingerprint density at radius 2 is 2.00 bits per heavy atom. The van der Waals surface area contributed by atoms with Crippen molar-refractivity contribution in [2.24, 2.45) is 5.92 Å². The summed E-state index contributed by atoms with van der Waals surface area (Å²) in [5.74, 6) is 0.644. The second-order valence-electron chi connectivity index (χ2n) is 5.47. The van der Waals surface area contributed by atoms with Gasteiger partial charge in [-0.05, 0) is 49.4 Å². The summed E-state index contributed by atoms with van der Waals surface area (Å²) < 4.78 is 0. The normalized spacial score (nSPS) is 15.8. The minimum Gasteiger partial charge on any atom is -0.325 e. The number of hydrogen-bond acceptors (Lipinski definition) is 3. The number of carbonyl (C=O) groups excluding carboxylic acids is 1. The zero-order chi connectivity index (χ0) is 14.5. The number of amides is 1. The average Bonchev–Trinajstić information content (AvgIpc) is 3.03. The van der Waals surface area contributed by atoms with E-state index in [-0.39, 0.29) is 5.91 Å². The molecule has 3 rings (SSSR count). The highest BCUT2D eigenvalue weighted by Crippen LogP contribution is 2.31. The molecule has 0 saturated carbocycles. The van der Waals surface area contributed by atoms with Crippen LogP contribution < -0.4 is 10.6 Å². The van der Waals surface area contributed by atoms with Gasteiger partial charge in [0.05, 0.1) is 0 Å². The standard InChI is InChI=1S/C17H20N2OS/c20-17(12-13-7-9-18-10-8-13)19-15-5-2-1-4-14(15)16-6-3-11-21-16/h1-6,11,13,18H,7-10,12H2,(H,19,20). The van der Waals surface area contributed by atoms with Crippen LogP contribution in [-0.4, -0.2) is 19.0 Å². The molecule has 0 atom stereocenters. The van der Waals surface area contributed by atoms with Crippen LogP contribution in [0.15, 0.2) is 41.8 Å². The molecule has 0 unspecified atom stereocenters. The molecular weight excluding hydrogens is 280 g/mol. The lowest BCUT2D eigenvalue weighted by atomic mass is 9.94. The molecule has 1 saturated heterocycles. The van der Waals surface area contributed by atoms with E-state index in [4.69, 9.17) is 0 Å². The number of piperidine rings is 1. The van der Waals surface area contributed by atoms with Gasteiger partial charge in [0.25, 0.3) is 0 Å². The first-order valence-corrected chi connectivity index (χ1v) is 8.34. The highest BCUT2D eigenvalue weighted by molar-refractivity contribution is 7.13. The fourth-order valence-corrected chi connectivity index (χ4v) is 3.55. The summed E-state index contributed by atoms with van der Waals surface area (Å²) in [6, 6.07) is 12.1. The minimum atomic E-state index is 0.130. The molecule has 21 heavy (non-hydrogen) atoms.